The van der Waals surface area contributed by atoms with Crippen LogP contribution < -0.4 is 4.84 Å². The zero-order valence-electron chi connectivity index (χ0n) is 12.5. The first-order chi connectivity index (χ1) is 11.5. The van der Waals surface area contributed by atoms with E-state index in [0.29, 0.717) is 10.3 Å². The molecule has 0 bridgehead atoms. The molecule has 2 aromatic carbocycles. The Morgan fingerprint density at radius 2 is 1.38 bits per heavy atom. The highest BCUT2D eigenvalue weighted by Gasteiger charge is 2.14. The van der Waals surface area contributed by atoms with Crippen molar-refractivity contribution in [1.29, 1.82) is 0 Å². The topological polar surface area (TPSA) is 71.7 Å². The standard InChI is InChI=1S/C18H14INO4/c19-15-7-3-13(4-8-15)11-12-1-5-14(6-2-12)18(23)24-20-16(21)9-10-17(20)22/h1-10,21-22H,11H2. The normalized spacial score (nSPS) is 10.5. The van der Waals surface area contributed by atoms with E-state index in [-0.39, 0.29) is 11.8 Å². The molecule has 3 rings (SSSR count). The van der Waals surface area contributed by atoms with Crippen molar-refractivity contribution in [2.45, 2.75) is 6.42 Å². The molecule has 1 aromatic heterocycles. The zero-order chi connectivity index (χ0) is 17.1. The second kappa shape index (κ2) is 6.96. The van der Waals surface area contributed by atoms with Gasteiger partial charge in [0, 0.05) is 15.7 Å². The van der Waals surface area contributed by atoms with Gasteiger partial charge >= 0.3 is 5.97 Å². The summed E-state index contributed by atoms with van der Waals surface area (Å²) in [5, 5.41) is 19.0. The molecule has 3 aromatic rings. The van der Waals surface area contributed by atoms with Crippen molar-refractivity contribution in [1.82, 2.24) is 4.73 Å². The first-order valence-electron chi connectivity index (χ1n) is 7.18. The van der Waals surface area contributed by atoms with Crippen molar-refractivity contribution in [3.05, 3.63) is 80.9 Å². The Kier molecular flexibility index (Phi) is 4.75. The van der Waals surface area contributed by atoms with Gasteiger partial charge in [0.2, 0.25) is 11.8 Å². The number of aromatic hydroxyl groups is 2. The predicted molar refractivity (Wildman–Crippen MR) is 97.1 cm³/mol. The Hall–Kier alpha value is -2.48. The molecule has 0 aliphatic rings. The molecule has 0 saturated heterocycles. The fourth-order valence-corrected chi connectivity index (χ4v) is 2.59. The second-order valence-electron chi connectivity index (χ2n) is 5.22. The number of carbonyl (C=O) groups is 1. The summed E-state index contributed by atoms with van der Waals surface area (Å²) in [5.41, 5.74) is 2.58. The molecule has 6 heteroatoms. The molecule has 1 heterocycles. The Morgan fingerprint density at radius 1 is 0.875 bits per heavy atom. The summed E-state index contributed by atoms with van der Waals surface area (Å²) in [6, 6.07) is 17.7. The second-order valence-corrected chi connectivity index (χ2v) is 6.47. The summed E-state index contributed by atoms with van der Waals surface area (Å²) in [5.74, 6) is -1.37. The fourth-order valence-electron chi connectivity index (χ4n) is 2.23. The van der Waals surface area contributed by atoms with E-state index in [2.05, 4.69) is 46.9 Å². The number of halogens is 1. The lowest BCUT2D eigenvalue weighted by molar-refractivity contribution is 0.0381. The molecule has 0 atom stereocenters. The number of carbonyl (C=O) groups excluding carboxylic acids is 1. The molecule has 0 radical (unpaired) electrons. The van der Waals surface area contributed by atoms with Crippen molar-refractivity contribution in [2.24, 2.45) is 0 Å². The average Bonchev–Trinajstić information content (AvgIpc) is 2.89. The van der Waals surface area contributed by atoms with Crippen LogP contribution in [0, 0.1) is 3.57 Å². The molecule has 0 aliphatic heterocycles. The third kappa shape index (κ3) is 3.70. The van der Waals surface area contributed by atoms with Gasteiger partial charge in [-0.1, -0.05) is 24.3 Å². The number of aromatic nitrogens is 1. The van der Waals surface area contributed by atoms with Crippen molar-refractivity contribution in [3.8, 4) is 11.8 Å². The van der Waals surface area contributed by atoms with Crippen molar-refractivity contribution in [3.63, 3.8) is 0 Å². The van der Waals surface area contributed by atoms with Crippen LogP contribution in [0.4, 0.5) is 0 Å². The van der Waals surface area contributed by atoms with Gasteiger partial charge in [0.1, 0.15) is 0 Å². The highest BCUT2D eigenvalue weighted by molar-refractivity contribution is 14.1. The van der Waals surface area contributed by atoms with Crippen LogP contribution in [0.2, 0.25) is 0 Å². The highest BCUT2D eigenvalue weighted by atomic mass is 127. The summed E-state index contributed by atoms with van der Waals surface area (Å²) in [4.78, 5) is 17.0. The highest BCUT2D eigenvalue weighted by Crippen LogP contribution is 2.19. The molecular weight excluding hydrogens is 421 g/mol. The van der Waals surface area contributed by atoms with Gasteiger partial charge in [0.25, 0.3) is 0 Å². The van der Waals surface area contributed by atoms with Crippen molar-refractivity contribution >= 4 is 28.6 Å². The minimum atomic E-state index is -0.669. The van der Waals surface area contributed by atoms with Gasteiger partial charge in [0.05, 0.1) is 5.56 Å². The SMILES string of the molecule is O=C(On1c(O)ccc1O)c1ccc(Cc2ccc(I)cc2)cc1. The smallest absolute Gasteiger partial charge is 0.363 e. The maximum absolute atomic E-state index is 12.1. The van der Waals surface area contributed by atoms with E-state index in [1.54, 1.807) is 12.1 Å². The Balaban J connectivity index is 1.69. The molecule has 0 saturated carbocycles. The van der Waals surface area contributed by atoms with Crippen LogP contribution in [-0.4, -0.2) is 20.9 Å². The third-order valence-electron chi connectivity index (χ3n) is 3.48. The van der Waals surface area contributed by atoms with Gasteiger partial charge in [-0.2, -0.15) is 0 Å². The molecule has 5 nitrogen and oxygen atoms in total. The minimum Gasteiger partial charge on any atom is -0.492 e. The summed E-state index contributed by atoms with van der Waals surface area (Å²) in [7, 11) is 0. The molecular formula is C18H14INO4. The van der Waals surface area contributed by atoms with Gasteiger partial charge in [-0.25, -0.2) is 4.79 Å². The molecule has 0 spiro atoms. The summed E-state index contributed by atoms with van der Waals surface area (Å²) < 4.78 is 1.85. The quantitative estimate of drug-likeness (QED) is 0.617. The van der Waals surface area contributed by atoms with Crippen LogP contribution in [0.5, 0.6) is 11.8 Å². The number of rotatable bonds is 4. The maximum atomic E-state index is 12.1. The van der Waals surface area contributed by atoms with E-state index >= 15 is 0 Å². The Bertz CT molecular complexity index is 834. The van der Waals surface area contributed by atoms with Gasteiger partial charge in [-0.15, -0.1) is 4.73 Å². The number of hydrogen-bond acceptors (Lipinski definition) is 4. The van der Waals surface area contributed by atoms with E-state index in [1.807, 2.05) is 12.1 Å². The Morgan fingerprint density at radius 3 is 1.92 bits per heavy atom. The number of benzene rings is 2. The number of hydrogen-bond donors (Lipinski definition) is 2. The first kappa shape index (κ1) is 16.4. The zero-order valence-corrected chi connectivity index (χ0v) is 14.7. The van der Waals surface area contributed by atoms with E-state index in [9.17, 15) is 15.0 Å². The largest absolute Gasteiger partial charge is 0.492 e. The fraction of sp³-hybridized carbons (Fsp3) is 0.0556. The van der Waals surface area contributed by atoms with Crippen LogP contribution in [-0.2, 0) is 6.42 Å². The van der Waals surface area contributed by atoms with Crippen LogP contribution in [0.3, 0.4) is 0 Å². The van der Waals surface area contributed by atoms with Gasteiger partial charge in [0.15, 0.2) is 0 Å². The summed E-state index contributed by atoms with van der Waals surface area (Å²) >= 11 is 2.26. The molecule has 0 amide bonds. The third-order valence-corrected chi connectivity index (χ3v) is 4.20. The molecule has 24 heavy (non-hydrogen) atoms. The molecule has 0 unspecified atom stereocenters. The maximum Gasteiger partial charge on any atom is 0.363 e. The van der Waals surface area contributed by atoms with Gasteiger partial charge in [-0.3, -0.25) is 0 Å². The van der Waals surface area contributed by atoms with Crippen LogP contribution in [0.1, 0.15) is 21.5 Å². The lowest BCUT2D eigenvalue weighted by atomic mass is 10.0. The van der Waals surface area contributed by atoms with E-state index in [4.69, 9.17) is 4.84 Å². The van der Waals surface area contributed by atoms with E-state index < -0.39 is 5.97 Å². The van der Waals surface area contributed by atoms with Crippen molar-refractivity contribution in [2.75, 3.05) is 0 Å². The lowest BCUT2D eigenvalue weighted by Crippen LogP contribution is -2.19. The van der Waals surface area contributed by atoms with Crippen LogP contribution >= 0.6 is 22.6 Å². The van der Waals surface area contributed by atoms with E-state index in [1.165, 1.54) is 21.3 Å². The monoisotopic (exact) mass is 435 g/mol. The molecule has 122 valence electrons. The molecule has 0 aliphatic carbocycles. The van der Waals surface area contributed by atoms with E-state index in [0.717, 1.165) is 12.0 Å². The minimum absolute atomic E-state index is 0.328. The van der Waals surface area contributed by atoms with Crippen LogP contribution in [0.25, 0.3) is 0 Å². The molecule has 2 N–H and O–H groups in total. The van der Waals surface area contributed by atoms with Crippen LogP contribution in [0.15, 0.2) is 60.7 Å². The summed E-state index contributed by atoms with van der Waals surface area (Å²) in [6.07, 6.45) is 0.769. The predicted octanol–water partition coefficient (Wildman–Crippen LogP) is 3.36. The average molecular weight is 435 g/mol. The van der Waals surface area contributed by atoms with Gasteiger partial charge < -0.3 is 15.1 Å². The number of nitrogens with zero attached hydrogens (tertiary/aromatic N) is 1. The van der Waals surface area contributed by atoms with Gasteiger partial charge in [-0.05, 0) is 64.4 Å². The Labute approximate surface area is 152 Å². The lowest BCUT2D eigenvalue weighted by Gasteiger charge is -2.07. The van der Waals surface area contributed by atoms with Crippen molar-refractivity contribution < 1.29 is 19.8 Å². The first-order valence-corrected chi connectivity index (χ1v) is 8.26. The summed E-state index contributed by atoms with van der Waals surface area (Å²) in [6.45, 7) is 0. The molecule has 0 fully saturated rings.